The highest BCUT2D eigenvalue weighted by Crippen LogP contribution is 2.23. The first kappa shape index (κ1) is 26.9. The summed E-state index contributed by atoms with van der Waals surface area (Å²) in [5.41, 5.74) is 1.35. The predicted molar refractivity (Wildman–Crippen MR) is 134 cm³/mol. The molecule has 0 unspecified atom stereocenters. The summed E-state index contributed by atoms with van der Waals surface area (Å²) < 4.78 is 61.0. The second-order valence-electron chi connectivity index (χ2n) is 9.75. The van der Waals surface area contributed by atoms with Crippen molar-refractivity contribution in [2.45, 2.75) is 56.8 Å². The van der Waals surface area contributed by atoms with Crippen molar-refractivity contribution in [2.75, 3.05) is 13.2 Å². The number of amides is 1. The second kappa shape index (κ2) is 11.5. The molecule has 1 aliphatic rings. The number of hydrogen-bond donors (Lipinski definition) is 0. The molecule has 1 fully saturated rings. The van der Waals surface area contributed by atoms with Gasteiger partial charge in [0.2, 0.25) is 15.0 Å². The van der Waals surface area contributed by atoms with Gasteiger partial charge in [-0.2, -0.15) is 0 Å². The summed E-state index contributed by atoms with van der Waals surface area (Å²) >= 11 is 0. The molecule has 1 saturated heterocycles. The molecule has 0 bridgehead atoms. The Balaban J connectivity index is 1.67. The van der Waals surface area contributed by atoms with Gasteiger partial charge < -0.3 is 14.2 Å². The van der Waals surface area contributed by atoms with Crippen molar-refractivity contribution in [3.8, 4) is 0 Å². The van der Waals surface area contributed by atoms with E-state index in [0.717, 1.165) is 12.8 Å². The van der Waals surface area contributed by atoms with E-state index in [0.29, 0.717) is 30.0 Å². The van der Waals surface area contributed by atoms with Crippen LogP contribution in [0.15, 0.2) is 59.9 Å². The molecule has 1 aromatic heterocycles. The summed E-state index contributed by atoms with van der Waals surface area (Å²) in [5.74, 6) is -1.36. The number of ether oxygens (including phenoxy) is 1. The van der Waals surface area contributed by atoms with E-state index in [1.807, 2.05) is 13.8 Å². The molecule has 1 amide bonds. The Kier molecular flexibility index (Phi) is 8.39. The molecule has 0 spiro atoms. The molecular formula is C27H31F2N3O4S. The van der Waals surface area contributed by atoms with Gasteiger partial charge in [0.1, 0.15) is 11.6 Å². The zero-order valence-corrected chi connectivity index (χ0v) is 21.8. The van der Waals surface area contributed by atoms with Crippen molar-refractivity contribution in [1.82, 2.24) is 14.5 Å². The normalized spacial score (nSPS) is 15.9. The van der Waals surface area contributed by atoms with E-state index in [1.165, 1.54) is 54.7 Å². The number of carbonyl (C=O) groups excluding carboxylic acids is 1. The molecule has 10 heteroatoms. The van der Waals surface area contributed by atoms with E-state index in [9.17, 15) is 22.0 Å². The summed E-state index contributed by atoms with van der Waals surface area (Å²) in [4.78, 5) is 19.2. The number of imidazole rings is 1. The third-order valence-electron chi connectivity index (χ3n) is 6.18. The smallest absolute Gasteiger partial charge is 0.254 e. The van der Waals surface area contributed by atoms with Crippen LogP contribution in [0.3, 0.4) is 0 Å². The number of carbonyl (C=O) groups is 1. The number of rotatable bonds is 10. The summed E-state index contributed by atoms with van der Waals surface area (Å²) in [7, 11) is -3.88. The molecule has 4 rings (SSSR count). The summed E-state index contributed by atoms with van der Waals surface area (Å²) in [6.07, 6.45) is 2.99. The number of sulfone groups is 1. The van der Waals surface area contributed by atoms with Crippen molar-refractivity contribution in [2.24, 2.45) is 5.92 Å². The Morgan fingerprint density at radius 3 is 2.35 bits per heavy atom. The summed E-state index contributed by atoms with van der Waals surface area (Å²) in [6, 6.07) is 10.7. The van der Waals surface area contributed by atoms with Crippen LogP contribution >= 0.6 is 0 Å². The average molecular weight is 532 g/mol. The molecular weight excluding hydrogens is 500 g/mol. The van der Waals surface area contributed by atoms with E-state index < -0.39 is 21.5 Å². The molecule has 0 aliphatic carbocycles. The standard InChI is InChI=1S/C27H31F2N3O4S/c1-19(2)15-31(26(33)21-7-11-23(29)12-8-21)16-24-14-30-27(32(24)17-25-4-3-13-36-25)37(34,35)18-20-5-9-22(28)10-6-20/h5-12,14,19,25H,3-4,13,15-18H2,1-2H3/t25-/m0/s1. The number of halogens is 2. The van der Waals surface area contributed by atoms with Crippen LogP contribution in [0.5, 0.6) is 0 Å². The van der Waals surface area contributed by atoms with E-state index >= 15 is 0 Å². The molecule has 0 radical (unpaired) electrons. The SMILES string of the molecule is CC(C)CN(Cc1cnc(S(=O)(=O)Cc2ccc(F)cc2)n1C[C@@H]1CCCO1)C(=O)c1ccc(F)cc1. The largest absolute Gasteiger partial charge is 0.376 e. The zero-order valence-electron chi connectivity index (χ0n) is 20.9. The highest BCUT2D eigenvalue weighted by molar-refractivity contribution is 7.90. The molecule has 0 N–H and O–H groups in total. The number of nitrogens with zero attached hydrogens (tertiary/aromatic N) is 3. The highest BCUT2D eigenvalue weighted by atomic mass is 32.2. The van der Waals surface area contributed by atoms with Gasteiger partial charge in [0, 0.05) is 18.7 Å². The predicted octanol–water partition coefficient (Wildman–Crippen LogP) is 4.61. The van der Waals surface area contributed by atoms with Crippen LogP contribution in [0.4, 0.5) is 8.78 Å². The van der Waals surface area contributed by atoms with E-state index in [2.05, 4.69) is 4.98 Å². The monoisotopic (exact) mass is 531 g/mol. The van der Waals surface area contributed by atoms with Crippen molar-refractivity contribution in [3.63, 3.8) is 0 Å². The van der Waals surface area contributed by atoms with Crippen molar-refractivity contribution in [1.29, 1.82) is 0 Å². The number of aromatic nitrogens is 2. The third kappa shape index (κ3) is 6.81. The third-order valence-corrected chi connectivity index (χ3v) is 7.77. The van der Waals surface area contributed by atoms with Crippen LogP contribution < -0.4 is 0 Å². The lowest BCUT2D eigenvalue weighted by Gasteiger charge is -2.26. The fraction of sp³-hybridized carbons (Fsp3) is 0.407. The molecule has 0 saturated carbocycles. The quantitative estimate of drug-likeness (QED) is 0.382. The lowest BCUT2D eigenvalue weighted by molar-refractivity contribution is 0.0711. The first-order chi connectivity index (χ1) is 17.6. The molecule has 2 heterocycles. The Bertz CT molecular complexity index is 1320. The summed E-state index contributed by atoms with van der Waals surface area (Å²) in [5, 5.41) is -0.110. The zero-order chi connectivity index (χ0) is 26.6. The van der Waals surface area contributed by atoms with Gasteiger partial charge >= 0.3 is 0 Å². The minimum Gasteiger partial charge on any atom is -0.376 e. The van der Waals surface area contributed by atoms with Gasteiger partial charge in [-0.1, -0.05) is 26.0 Å². The Morgan fingerprint density at radius 1 is 1.11 bits per heavy atom. The van der Waals surface area contributed by atoms with Gasteiger partial charge in [0.05, 0.1) is 36.8 Å². The van der Waals surface area contributed by atoms with Gasteiger partial charge in [0.15, 0.2) is 0 Å². The van der Waals surface area contributed by atoms with E-state index in [-0.39, 0.29) is 41.9 Å². The maximum Gasteiger partial charge on any atom is 0.254 e. The van der Waals surface area contributed by atoms with Crippen LogP contribution in [0.1, 0.15) is 48.3 Å². The fourth-order valence-electron chi connectivity index (χ4n) is 4.45. The molecule has 2 aromatic carbocycles. The highest BCUT2D eigenvalue weighted by Gasteiger charge is 2.29. The van der Waals surface area contributed by atoms with Crippen LogP contribution in [0.25, 0.3) is 0 Å². The van der Waals surface area contributed by atoms with Gasteiger partial charge in [-0.05, 0) is 60.7 Å². The van der Waals surface area contributed by atoms with Crippen LogP contribution in [0, 0.1) is 17.6 Å². The Hall–Kier alpha value is -3.11. The first-order valence-electron chi connectivity index (χ1n) is 12.3. The van der Waals surface area contributed by atoms with Gasteiger partial charge in [-0.15, -0.1) is 0 Å². The molecule has 3 aromatic rings. The van der Waals surface area contributed by atoms with Crippen molar-refractivity contribution >= 4 is 15.7 Å². The molecule has 198 valence electrons. The van der Waals surface area contributed by atoms with E-state index in [1.54, 1.807) is 9.47 Å². The van der Waals surface area contributed by atoms with Gasteiger partial charge in [-0.25, -0.2) is 22.2 Å². The van der Waals surface area contributed by atoms with Crippen molar-refractivity contribution < 1.29 is 26.7 Å². The molecule has 1 aliphatic heterocycles. The molecule has 7 nitrogen and oxygen atoms in total. The average Bonchev–Trinajstić information content (AvgIpc) is 3.51. The number of hydrogen-bond acceptors (Lipinski definition) is 5. The van der Waals surface area contributed by atoms with Crippen LogP contribution in [-0.2, 0) is 33.4 Å². The summed E-state index contributed by atoms with van der Waals surface area (Å²) in [6.45, 7) is 5.39. The van der Waals surface area contributed by atoms with E-state index in [4.69, 9.17) is 4.74 Å². The maximum atomic E-state index is 13.4. The van der Waals surface area contributed by atoms with Crippen molar-refractivity contribution in [3.05, 3.63) is 83.2 Å². The first-order valence-corrected chi connectivity index (χ1v) is 14.0. The van der Waals surface area contributed by atoms with Gasteiger partial charge in [0.25, 0.3) is 5.91 Å². The fourth-order valence-corrected chi connectivity index (χ4v) is 5.95. The number of benzene rings is 2. The van der Waals surface area contributed by atoms with Crippen LogP contribution in [0.2, 0.25) is 0 Å². The lowest BCUT2D eigenvalue weighted by atomic mass is 10.1. The lowest BCUT2D eigenvalue weighted by Crippen LogP contribution is -2.35. The maximum absolute atomic E-state index is 13.4. The minimum atomic E-state index is -3.88. The minimum absolute atomic E-state index is 0.110. The van der Waals surface area contributed by atoms with Gasteiger partial charge in [-0.3, -0.25) is 4.79 Å². The topological polar surface area (TPSA) is 81.5 Å². The molecule has 37 heavy (non-hydrogen) atoms. The Labute approximate surface area is 216 Å². The molecule has 1 atom stereocenters. The van der Waals surface area contributed by atoms with Crippen LogP contribution in [-0.4, -0.2) is 48.0 Å². The Morgan fingerprint density at radius 2 is 1.76 bits per heavy atom. The second-order valence-corrected chi connectivity index (χ2v) is 11.6.